The normalized spacial score (nSPS) is 24.7. The molecule has 1 saturated carbocycles. The number of aliphatic carboxylic acids is 1. The van der Waals surface area contributed by atoms with Crippen molar-refractivity contribution in [2.75, 3.05) is 6.61 Å². The minimum atomic E-state index is -0.845. The second-order valence-electron chi connectivity index (χ2n) is 5.13. The van der Waals surface area contributed by atoms with Gasteiger partial charge in [0.15, 0.2) is 0 Å². The molecule has 0 aliphatic heterocycles. The minimum absolute atomic E-state index is 0.223. The zero-order valence-corrected chi connectivity index (χ0v) is 11.1. The van der Waals surface area contributed by atoms with Gasteiger partial charge < -0.3 is 9.84 Å². The van der Waals surface area contributed by atoms with Crippen LogP contribution in [0, 0.1) is 11.8 Å². The first-order valence-electron chi connectivity index (χ1n) is 6.52. The van der Waals surface area contributed by atoms with E-state index in [0.29, 0.717) is 24.0 Å². The Balaban J connectivity index is 2.37. The summed E-state index contributed by atoms with van der Waals surface area (Å²) in [6, 6.07) is 0. The number of hydrogen-bond donors (Lipinski definition) is 1. The molecule has 0 spiro atoms. The number of esters is 1. The molecule has 0 aromatic carbocycles. The number of ether oxygens (including phenoxy) is 1. The monoisotopic (exact) mass is 254 g/mol. The van der Waals surface area contributed by atoms with Gasteiger partial charge in [-0.3, -0.25) is 4.79 Å². The third kappa shape index (κ3) is 5.34. The lowest BCUT2D eigenvalue weighted by Gasteiger charge is -2.28. The number of allylic oxidation sites excluding steroid dienone is 1. The van der Waals surface area contributed by atoms with Crippen LogP contribution in [0.4, 0.5) is 0 Å². The molecule has 102 valence electrons. The van der Waals surface area contributed by atoms with Crippen molar-refractivity contribution in [3.63, 3.8) is 0 Å². The maximum atomic E-state index is 10.8. The van der Waals surface area contributed by atoms with Gasteiger partial charge in [0, 0.05) is 12.5 Å². The van der Waals surface area contributed by atoms with Crippen LogP contribution in [0.25, 0.3) is 0 Å². The van der Waals surface area contributed by atoms with E-state index in [0.717, 1.165) is 32.1 Å². The zero-order valence-electron chi connectivity index (χ0n) is 11.1. The van der Waals surface area contributed by atoms with Crippen LogP contribution in [0.5, 0.6) is 0 Å². The van der Waals surface area contributed by atoms with Crippen molar-refractivity contribution >= 4 is 11.9 Å². The van der Waals surface area contributed by atoms with Crippen molar-refractivity contribution in [3.8, 4) is 0 Å². The summed E-state index contributed by atoms with van der Waals surface area (Å²) in [5.74, 6) is -0.110. The van der Waals surface area contributed by atoms with E-state index < -0.39 is 5.97 Å². The summed E-state index contributed by atoms with van der Waals surface area (Å²) in [4.78, 5) is 21.4. The molecule has 0 bridgehead atoms. The summed E-state index contributed by atoms with van der Waals surface area (Å²) in [5.41, 5.74) is 0.414. The van der Waals surface area contributed by atoms with E-state index in [-0.39, 0.29) is 5.97 Å². The molecule has 0 aromatic heterocycles. The van der Waals surface area contributed by atoms with Gasteiger partial charge in [-0.2, -0.15) is 0 Å². The molecule has 4 heteroatoms. The molecule has 1 aliphatic carbocycles. The van der Waals surface area contributed by atoms with Gasteiger partial charge in [0.2, 0.25) is 0 Å². The number of carboxylic acids is 1. The first-order chi connectivity index (χ1) is 8.49. The van der Waals surface area contributed by atoms with Crippen LogP contribution in [0.3, 0.4) is 0 Å². The lowest BCUT2D eigenvalue weighted by Crippen LogP contribution is -2.20. The fourth-order valence-electron chi connectivity index (χ4n) is 2.43. The maximum Gasteiger partial charge on any atom is 0.330 e. The molecule has 0 heterocycles. The fourth-order valence-corrected chi connectivity index (χ4v) is 2.43. The molecule has 2 unspecified atom stereocenters. The Morgan fingerprint density at radius 3 is 2.56 bits per heavy atom. The molecule has 1 N–H and O–H groups in total. The highest BCUT2D eigenvalue weighted by molar-refractivity contribution is 5.85. The van der Waals surface area contributed by atoms with Gasteiger partial charge in [0.1, 0.15) is 0 Å². The molecule has 0 saturated heterocycles. The second-order valence-corrected chi connectivity index (χ2v) is 5.13. The van der Waals surface area contributed by atoms with Gasteiger partial charge in [0.05, 0.1) is 6.61 Å². The highest BCUT2D eigenvalue weighted by Crippen LogP contribution is 2.31. The molecular formula is C14H22O4. The van der Waals surface area contributed by atoms with Crippen LogP contribution >= 0.6 is 0 Å². The third-order valence-electron chi connectivity index (χ3n) is 3.51. The van der Waals surface area contributed by atoms with Crippen LogP contribution < -0.4 is 0 Å². The number of carbonyl (C=O) groups is 2. The molecule has 1 aliphatic rings. The molecule has 0 radical (unpaired) electrons. The van der Waals surface area contributed by atoms with Crippen molar-refractivity contribution in [2.45, 2.75) is 46.0 Å². The van der Waals surface area contributed by atoms with Gasteiger partial charge in [-0.1, -0.05) is 18.9 Å². The van der Waals surface area contributed by atoms with Crippen molar-refractivity contribution in [1.82, 2.24) is 0 Å². The lowest BCUT2D eigenvalue weighted by molar-refractivity contribution is -0.142. The molecule has 1 fully saturated rings. The molecule has 2 atom stereocenters. The number of carbonyl (C=O) groups excluding carboxylic acids is 1. The van der Waals surface area contributed by atoms with E-state index >= 15 is 0 Å². The second kappa shape index (κ2) is 7.19. The lowest BCUT2D eigenvalue weighted by atomic mass is 9.80. The predicted octanol–water partition coefficient (Wildman–Crippen LogP) is 2.78. The fraction of sp³-hybridized carbons (Fsp3) is 0.714. The van der Waals surface area contributed by atoms with Crippen LogP contribution in [-0.4, -0.2) is 23.7 Å². The molecule has 4 nitrogen and oxygen atoms in total. The van der Waals surface area contributed by atoms with Crippen molar-refractivity contribution < 1.29 is 19.4 Å². The standard InChI is InChI=1S/C14H22O4/c1-10(14(16)17)6-7-12-4-3-5-13(8-12)9-18-11(2)15/h6,12-13H,3-5,7-9H2,1-2H3,(H,16,17). The van der Waals surface area contributed by atoms with Gasteiger partial charge in [-0.25, -0.2) is 4.79 Å². The highest BCUT2D eigenvalue weighted by atomic mass is 16.5. The van der Waals surface area contributed by atoms with E-state index in [2.05, 4.69) is 0 Å². The number of rotatable bonds is 5. The summed E-state index contributed by atoms with van der Waals surface area (Å²) in [6.45, 7) is 3.56. The Morgan fingerprint density at radius 2 is 1.94 bits per heavy atom. The zero-order chi connectivity index (χ0) is 13.5. The summed E-state index contributed by atoms with van der Waals surface area (Å²) in [5, 5.41) is 8.78. The maximum absolute atomic E-state index is 10.8. The summed E-state index contributed by atoms with van der Waals surface area (Å²) in [6.07, 6.45) is 7.02. The van der Waals surface area contributed by atoms with E-state index in [1.807, 2.05) is 0 Å². The SMILES string of the molecule is CC(=O)OCC1CCCC(CC=C(C)C(=O)O)C1. The molecular weight excluding hydrogens is 232 g/mol. The Hall–Kier alpha value is -1.32. The van der Waals surface area contributed by atoms with Crippen molar-refractivity contribution in [3.05, 3.63) is 11.6 Å². The summed E-state index contributed by atoms with van der Waals surface area (Å²) in [7, 11) is 0. The van der Waals surface area contributed by atoms with E-state index in [1.165, 1.54) is 6.92 Å². The van der Waals surface area contributed by atoms with Crippen molar-refractivity contribution in [1.29, 1.82) is 0 Å². The van der Waals surface area contributed by atoms with E-state index in [1.54, 1.807) is 13.0 Å². The highest BCUT2D eigenvalue weighted by Gasteiger charge is 2.22. The topological polar surface area (TPSA) is 63.6 Å². The number of hydrogen-bond acceptors (Lipinski definition) is 3. The van der Waals surface area contributed by atoms with E-state index in [9.17, 15) is 9.59 Å². The average molecular weight is 254 g/mol. The molecule has 0 aromatic rings. The van der Waals surface area contributed by atoms with Crippen LogP contribution in [-0.2, 0) is 14.3 Å². The van der Waals surface area contributed by atoms with Gasteiger partial charge in [0.25, 0.3) is 0 Å². The van der Waals surface area contributed by atoms with Gasteiger partial charge in [-0.05, 0) is 38.0 Å². The molecule has 0 amide bonds. The quantitative estimate of drug-likeness (QED) is 0.605. The van der Waals surface area contributed by atoms with E-state index in [4.69, 9.17) is 9.84 Å². The Kier molecular flexibility index (Phi) is 5.89. The summed E-state index contributed by atoms with van der Waals surface area (Å²) >= 11 is 0. The first-order valence-corrected chi connectivity index (χ1v) is 6.52. The Bertz CT molecular complexity index is 333. The molecule has 18 heavy (non-hydrogen) atoms. The smallest absolute Gasteiger partial charge is 0.330 e. The minimum Gasteiger partial charge on any atom is -0.478 e. The predicted molar refractivity (Wildman–Crippen MR) is 68.1 cm³/mol. The Labute approximate surface area is 108 Å². The average Bonchev–Trinajstić information content (AvgIpc) is 2.33. The number of carboxylic acid groups (broad SMARTS) is 1. The Morgan fingerprint density at radius 1 is 1.28 bits per heavy atom. The third-order valence-corrected chi connectivity index (χ3v) is 3.51. The summed E-state index contributed by atoms with van der Waals surface area (Å²) < 4.78 is 5.05. The van der Waals surface area contributed by atoms with Crippen LogP contribution in [0.1, 0.15) is 46.0 Å². The van der Waals surface area contributed by atoms with Gasteiger partial charge in [-0.15, -0.1) is 0 Å². The molecule has 1 rings (SSSR count). The largest absolute Gasteiger partial charge is 0.478 e. The van der Waals surface area contributed by atoms with Crippen LogP contribution in [0.15, 0.2) is 11.6 Å². The van der Waals surface area contributed by atoms with Crippen molar-refractivity contribution in [2.24, 2.45) is 11.8 Å². The first kappa shape index (κ1) is 14.7. The van der Waals surface area contributed by atoms with Crippen LogP contribution in [0.2, 0.25) is 0 Å². The van der Waals surface area contributed by atoms with Gasteiger partial charge >= 0.3 is 11.9 Å².